The standard InChI is InChI=1S/C16H17NSi.C11H13NSi.2C9H7.4ClH.2Zr/c1-18(2)12-13-10-14-8-9-17(16(14)11-13)15-6-4-3-5-7-15;1-8-4-9-6-10(7-13(2)3)12-11(9)5-8;2*1-2-5-9-7-3-6-8(9)4-1;;;;;;/h3-8,10-12H,9H2,1-2H3;4-7H,1-3H3;2*1-7H;4*1H;;/q;;2*-1;;;;;2*+4/p-4. The maximum Gasteiger partial charge on any atom is 4.00 e. The minimum atomic E-state index is -0.313. The number of rotatable bonds is 3. The summed E-state index contributed by atoms with van der Waals surface area (Å²) in [6.45, 7) is 12.3. The molecule has 5 aromatic carbocycles. The molecule has 4 aliphatic rings. The molecule has 276 valence electrons. The molecule has 0 bridgehead atoms. The number of halogens is 4. The zero-order valence-corrected chi connectivity index (χ0v) is 41.6. The Morgan fingerprint density at radius 3 is 1.67 bits per heavy atom. The summed E-state index contributed by atoms with van der Waals surface area (Å²) in [7, 11) is -0.622. The van der Waals surface area contributed by atoms with Gasteiger partial charge in [-0.3, -0.25) is 0 Å². The Labute approximate surface area is 394 Å². The van der Waals surface area contributed by atoms with Crippen molar-refractivity contribution in [3.63, 3.8) is 0 Å². The number of nitrogens with zero attached hydrogens (tertiary/aromatic N) is 2. The molecule has 0 amide bonds. The summed E-state index contributed by atoms with van der Waals surface area (Å²) in [5.41, 5.74) is 15.0. The molecule has 2 aliphatic heterocycles. The summed E-state index contributed by atoms with van der Waals surface area (Å²) in [4.78, 5) is 6.92. The second kappa shape index (κ2) is 26.0. The van der Waals surface area contributed by atoms with E-state index in [1.165, 1.54) is 55.2 Å². The van der Waals surface area contributed by atoms with Crippen LogP contribution in [0.4, 0.5) is 5.69 Å². The smallest absolute Gasteiger partial charge is 1.00 e. The number of fused-ring (bicyclic) bond motifs is 4. The normalized spacial score (nSPS) is 13.3. The Morgan fingerprint density at radius 1 is 0.600 bits per heavy atom. The monoisotopic (exact) mass is 988 g/mol. The minimum absolute atomic E-state index is 0. The zero-order valence-electron chi connectivity index (χ0n) is 31.7. The van der Waals surface area contributed by atoms with Crippen molar-refractivity contribution in [3.8, 4) is 0 Å². The third-order valence-electron chi connectivity index (χ3n) is 8.36. The molecule has 0 spiro atoms. The molecule has 0 fully saturated rings. The van der Waals surface area contributed by atoms with Crippen LogP contribution in [0.1, 0.15) is 6.92 Å². The van der Waals surface area contributed by atoms with Crippen LogP contribution in [0, 0.1) is 0 Å². The first kappa shape index (κ1) is 52.9. The Morgan fingerprint density at radius 2 is 1.15 bits per heavy atom. The van der Waals surface area contributed by atoms with E-state index in [-0.39, 0.29) is 119 Å². The average Bonchev–Trinajstić information content (AvgIpc) is 3.93. The van der Waals surface area contributed by atoms with Gasteiger partial charge in [-0.2, -0.15) is 35.0 Å². The number of aliphatic imine (C=N–C) groups is 1. The molecule has 0 saturated heterocycles. The molecule has 55 heavy (non-hydrogen) atoms. The van der Waals surface area contributed by atoms with Crippen LogP contribution in [0.5, 0.6) is 0 Å². The number of anilines is 1. The van der Waals surface area contributed by atoms with E-state index in [1.807, 2.05) is 0 Å². The predicted molar refractivity (Wildman–Crippen MR) is 222 cm³/mol. The van der Waals surface area contributed by atoms with Crippen LogP contribution in [0.3, 0.4) is 0 Å². The first-order chi connectivity index (χ1) is 23.8. The van der Waals surface area contributed by atoms with Gasteiger partial charge >= 0.3 is 52.4 Å². The van der Waals surface area contributed by atoms with Crippen LogP contribution in [0.15, 0.2) is 190 Å². The van der Waals surface area contributed by atoms with Gasteiger partial charge in [0.15, 0.2) is 0 Å². The van der Waals surface area contributed by atoms with Gasteiger partial charge in [-0.1, -0.05) is 73.9 Å². The Bertz CT molecular complexity index is 2140. The predicted octanol–water partition coefficient (Wildman–Crippen LogP) is -1.13. The van der Waals surface area contributed by atoms with Crippen LogP contribution in [-0.2, 0) is 52.4 Å². The van der Waals surface area contributed by atoms with Crippen molar-refractivity contribution in [2.75, 3.05) is 11.4 Å². The fourth-order valence-corrected chi connectivity index (χ4v) is 7.78. The van der Waals surface area contributed by atoms with E-state index in [9.17, 15) is 0 Å². The van der Waals surface area contributed by atoms with E-state index in [0.29, 0.717) is 0 Å². The van der Waals surface area contributed by atoms with Crippen LogP contribution >= 0.6 is 0 Å². The molecular formula is C45H44Cl4N2Si2Zr2+2. The molecule has 5 aromatic rings. The molecule has 0 radical (unpaired) electrons. The van der Waals surface area contributed by atoms with Gasteiger partial charge in [-0.15, -0.1) is 59.3 Å². The molecule has 9 rings (SSSR count). The van der Waals surface area contributed by atoms with E-state index < -0.39 is 0 Å². The van der Waals surface area contributed by atoms with Crippen molar-refractivity contribution in [2.45, 2.75) is 33.1 Å². The zero-order chi connectivity index (χ0) is 34.2. The van der Waals surface area contributed by atoms with Crippen LogP contribution in [0.25, 0.3) is 21.5 Å². The fraction of sp³-hybridized carbons (Fsp3) is 0.133. The van der Waals surface area contributed by atoms with Gasteiger partial charge in [0.25, 0.3) is 0 Å². The maximum absolute atomic E-state index is 4.54. The van der Waals surface area contributed by atoms with Crippen LogP contribution in [-0.4, -0.2) is 40.4 Å². The second-order valence-corrected chi connectivity index (χ2v) is 18.0. The third kappa shape index (κ3) is 15.0. The summed E-state index contributed by atoms with van der Waals surface area (Å²) < 4.78 is 0. The first-order valence-corrected chi connectivity index (χ1v) is 22.2. The van der Waals surface area contributed by atoms with Gasteiger partial charge in [0, 0.05) is 40.3 Å². The van der Waals surface area contributed by atoms with Crippen molar-refractivity contribution in [3.05, 3.63) is 185 Å². The molecule has 0 unspecified atom stereocenters. The molecule has 0 atom stereocenters. The van der Waals surface area contributed by atoms with Crippen molar-refractivity contribution < 1.29 is 102 Å². The topological polar surface area (TPSA) is 15.6 Å². The molecule has 2 nitrogen and oxygen atoms in total. The summed E-state index contributed by atoms with van der Waals surface area (Å²) in [5, 5.41) is 5.32. The Kier molecular flexibility index (Phi) is 25.0. The Hall–Kier alpha value is -2.11. The SMILES string of the molecule is CC1=CC2=CC(C=[Si](C)C)=NC2=C1.C[Si](C)=CC1=CC2=CCN(c3ccccc3)C2=C1.[Cl-].[Cl-].[Cl-].[Cl-].[Zr+4].[Zr+4].c1ccc2[cH-]ccc2c1.c1ccc2[cH-]ccc2c1. The van der Waals surface area contributed by atoms with Crippen LogP contribution in [0.2, 0.25) is 26.2 Å². The Balaban J connectivity index is 0.000000707. The van der Waals surface area contributed by atoms with Gasteiger partial charge in [-0.05, 0) is 66.2 Å². The largest absolute Gasteiger partial charge is 4.00 e. The maximum atomic E-state index is 4.54. The number of para-hydroxylation sites is 1. The molecule has 2 heterocycles. The fourth-order valence-electron chi connectivity index (χ4n) is 6.20. The van der Waals surface area contributed by atoms with Gasteiger partial charge in [-0.25, -0.2) is 4.99 Å². The van der Waals surface area contributed by atoms with Gasteiger partial charge in [0.1, 0.15) is 0 Å². The minimum Gasteiger partial charge on any atom is -1.00 e. The molecular weight excluding hydrogens is 949 g/mol. The second-order valence-electron chi connectivity index (χ2n) is 13.1. The average molecular weight is 993 g/mol. The molecule has 0 saturated carbocycles. The van der Waals surface area contributed by atoms with Crippen molar-refractivity contribution in [1.82, 2.24) is 0 Å². The molecule has 2 aliphatic carbocycles. The van der Waals surface area contributed by atoms with E-state index in [4.69, 9.17) is 0 Å². The first-order valence-electron chi connectivity index (χ1n) is 17.0. The number of benzene rings is 3. The number of hydrogen-bond donors (Lipinski definition) is 0. The van der Waals surface area contributed by atoms with E-state index in [2.05, 4.69) is 206 Å². The summed E-state index contributed by atoms with van der Waals surface area (Å²) in [6.07, 6.45) is 13.5. The van der Waals surface area contributed by atoms with Crippen LogP contribution < -0.4 is 54.5 Å². The quantitative estimate of drug-likeness (QED) is 0.166. The third-order valence-corrected chi connectivity index (χ3v) is 10.1. The number of allylic oxidation sites excluding steroid dienone is 7. The van der Waals surface area contributed by atoms with E-state index in [1.54, 1.807) is 0 Å². The molecule has 0 aromatic heterocycles. The van der Waals surface area contributed by atoms with Gasteiger partial charge in [0.05, 0.1) is 11.4 Å². The summed E-state index contributed by atoms with van der Waals surface area (Å²) >= 11 is 0. The van der Waals surface area contributed by atoms with Crippen molar-refractivity contribution in [1.29, 1.82) is 0 Å². The summed E-state index contributed by atoms with van der Waals surface area (Å²) in [6, 6.07) is 40.0. The summed E-state index contributed by atoms with van der Waals surface area (Å²) in [5.74, 6) is 0. The van der Waals surface area contributed by atoms with Gasteiger partial charge < -0.3 is 54.5 Å². The molecule has 0 N–H and O–H groups in total. The number of hydrogen-bond acceptors (Lipinski definition) is 2. The van der Waals surface area contributed by atoms with E-state index >= 15 is 0 Å². The van der Waals surface area contributed by atoms with Crippen molar-refractivity contribution >= 4 is 61.1 Å². The van der Waals surface area contributed by atoms with Crippen molar-refractivity contribution in [2.24, 2.45) is 4.99 Å². The van der Waals surface area contributed by atoms with Gasteiger partial charge in [0.2, 0.25) is 0 Å². The van der Waals surface area contributed by atoms with E-state index in [0.717, 1.165) is 18.0 Å². The molecule has 10 heteroatoms.